The molecule has 3 rings (SSSR count). The van der Waals surface area contributed by atoms with Gasteiger partial charge in [-0.25, -0.2) is 9.97 Å². The first-order chi connectivity index (χ1) is 12.1. The van der Waals surface area contributed by atoms with Crippen LogP contribution < -0.4 is 11.1 Å². The maximum absolute atomic E-state index is 10.2. The predicted molar refractivity (Wildman–Crippen MR) is 92.3 cm³/mol. The summed E-state index contributed by atoms with van der Waals surface area (Å²) in [7, 11) is 0. The second-order valence-electron chi connectivity index (χ2n) is 5.51. The van der Waals surface area contributed by atoms with E-state index >= 15 is 0 Å². The quantitative estimate of drug-likeness (QED) is 0.207. The molecule has 0 spiro atoms. The van der Waals surface area contributed by atoms with E-state index in [2.05, 4.69) is 32.9 Å². The van der Waals surface area contributed by atoms with Crippen molar-refractivity contribution in [3.05, 3.63) is 18.5 Å². The van der Waals surface area contributed by atoms with Crippen LogP contribution in [0.5, 0.6) is 0 Å². The Kier molecular flexibility index (Phi) is 5.51. The van der Waals surface area contributed by atoms with E-state index in [0.717, 1.165) is 0 Å². The maximum atomic E-state index is 10.2. The van der Waals surface area contributed by atoms with Crippen LogP contribution in [0.15, 0.2) is 23.5 Å². The van der Waals surface area contributed by atoms with Crippen LogP contribution in [0.3, 0.4) is 0 Å². The van der Waals surface area contributed by atoms with Crippen LogP contribution >= 0.6 is 12.6 Å². The number of thiol groups is 1. The molecule has 2 aromatic rings. The number of nitrogens with one attached hydrogen (secondary N) is 1. The van der Waals surface area contributed by atoms with Crippen molar-refractivity contribution >= 4 is 29.7 Å². The number of hydrogen-bond donors (Lipinski definition) is 6. The molecular formula is C14H20N6O4S. The van der Waals surface area contributed by atoms with Gasteiger partial charge in [-0.3, -0.25) is 4.57 Å². The summed E-state index contributed by atoms with van der Waals surface area (Å²) < 4.78 is 7.01. The Hall–Kier alpha value is -1.76. The number of anilines is 1. The molecule has 25 heavy (non-hydrogen) atoms. The summed E-state index contributed by atoms with van der Waals surface area (Å²) in [6, 6.07) is 0. The van der Waals surface area contributed by atoms with E-state index in [-0.39, 0.29) is 0 Å². The summed E-state index contributed by atoms with van der Waals surface area (Å²) >= 11 is 4.32. The number of hydrogen-bond acceptors (Lipinski definition) is 10. The Labute approximate surface area is 148 Å². The number of aliphatic hydroxyl groups is 3. The molecule has 1 unspecified atom stereocenters. The minimum absolute atomic E-state index is 0.327. The molecule has 0 aromatic carbocycles. The van der Waals surface area contributed by atoms with E-state index in [9.17, 15) is 15.3 Å². The van der Waals surface area contributed by atoms with Gasteiger partial charge in [-0.15, -0.1) is 12.6 Å². The first kappa shape index (κ1) is 18.0. The summed E-state index contributed by atoms with van der Waals surface area (Å²) in [6.07, 6.45) is 0.836. The SMILES string of the molecule is NC/C=C/CNc1nc(S)c2ncn([C@@H]3O[C@H](CO)C(O)[C@@H]3O)c2n1. The Morgan fingerprint density at radius 1 is 1.32 bits per heavy atom. The number of aromatic nitrogens is 4. The Morgan fingerprint density at radius 2 is 2.12 bits per heavy atom. The monoisotopic (exact) mass is 368 g/mol. The van der Waals surface area contributed by atoms with Crippen LogP contribution in [0.2, 0.25) is 0 Å². The van der Waals surface area contributed by atoms with Crippen molar-refractivity contribution in [1.29, 1.82) is 0 Å². The number of nitrogens with two attached hydrogens (primary N) is 1. The van der Waals surface area contributed by atoms with E-state index in [1.807, 2.05) is 6.08 Å². The fourth-order valence-electron chi connectivity index (χ4n) is 2.61. The van der Waals surface area contributed by atoms with Crippen LogP contribution in [-0.4, -0.2) is 72.8 Å². The first-order valence-electron chi connectivity index (χ1n) is 7.71. The van der Waals surface area contributed by atoms with E-state index in [1.54, 1.807) is 6.08 Å². The molecule has 6 N–H and O–H groups in total. The molecule has 2 aromatic heterocycles. The van der Waals surface area contributed by atoms with Crippen molar-refractivity contribution in [1.82, 2.24) is 19.5 Å². The minimum atomic E-state index is -1.23. The number of aliphatic hydroxyl groups excluding tert-OH is 3. The topological polar surface area (TPSA) is 152 Å². The zero-order chi connectivity index (χ0) is 18.0. The summed E-state index contributed by atoms with van der Waals surface area (Å²) in [4.78, 5) is 12.8. The van der Waals surface area contributed by atoms with Crippen molar-refractivity contribution in [2.75, 3.05) is 25.0 Å². The Morgan fingerprint density at radius 3 is 2.80 bits per heavy atom. The molecule has 11 heteroatoms. The molecule has 0 saturated carbocycles. The molecular weight excluding hydrogens is 348 g/mol. The molecule has 4 atom stereocenters. The minimum Gasteiger partial charge on any atom is -0.394 e. The van der Waals surface area contributed by atoms with Gasteiger partial charge in [0.1, 0.15) is 28.9 Å². The summed E-state index contributed by atoms with van der Waals surface area (Å²) in [6.45, 7) is 0.518. The van der Waals surface area contributed by atoms with Gasteiger partial charge in [0, 0.05) is 13.1 Å². The molecule has 0 radical (unpaired) electrons. The van der Waals surface area contributed by atoms with Crippen molar-refractivity contribution in [3.63, 3.8) is 0 Å². The highest BCUT2D eigenvalue weighted by Gasteiger charge is 2.44. The van der Waals surface area contributed by atoms with Gasteiger partial charge in [-0.1, -0.05) is 12.2 Å². The third-order valence-corrected chi connectivity index (χ3v) is 4.19. The molecule has 3 heterocycles. The highest BCUT2D eigenvalue weighted by atomic mass is 32.1. The summed E-state index contributed by atoms with van der Waals surface area (Å²) in [5, 5.41) is 32.7. The molecule has 0 amide bonds. The molecule has 1 aliphatic rings. The third-order valence-electron chi connectivity index (χ3n) is 3.88. The van der Waals surface area contributed by atoms with Crippen LogP contribution in [0.25, 0.3) is 11.2 Å². The van der Waals surface area contributed by atoms with Crippen LogP contribution in [0, 0.1) is 0 Å². The molecule has 1 aliphatic heterocycles. The second-order valence-corrected chi connectivity index (χ2v) is 5.94. The van der Waals surface area contributed by atoms with Gasteiger partial charge in [0.05, 0.1) is 12.9 Å². The second kappa shape index (κ2) is 7.64. The van der Waals surface area contributed by atoms with Crippen molar-refractivity contribution < 1.29 is 20.1 Å². The lowest BCUT2D eigenvalue weighted by molar-refractivity contribution is -0.0511. The fraction of sp³-hybridized carbons (Fsp3) is 0.500. The van der Waals surface area contributed by atoms with Crippen LogP contribution in [0.1, 0.15) is 6.23 Å². The Balaban J connectivity index is 1.91. The Bertz CT molecular complexity index is 769. The fourth-order valence-corrected chi connectivity index (χ4v) is 2.86. The highest BCUT2D eigenvalue weighted by molar-refractivity contribution is 7.80. The summed E-state index contributed by atoms with van der Waals surface area (Å²) in [5.41, 5.74) is 6.21. The highest BCUT2D eigenvalue weighted by Crippen LogP contribution is 2.32. The number of rotatable bonds is 6. The van der Waals surface area contributed by atoms with Gasteiger partial charge < -0.3 is 31.1 Å². The van der Waals surface area contributed by atoms with Crippen LogP contribution in [0.4, 0.5) is 5.95 Å². The third kappa shape index (κ3) is 3.47. The lowest BCUT2D eigenvalue weighted by Gasteiger charge is -2.16. The van der Waals surface area contributed by atoms with Crippen molar-refractivity contribution in [2.24, 2.45) is 5.73 Å². The number of nitrogens with zero attached hydrogens (tertiary/aromatic N) is 4. The average molecular weight is 368 g/mol. The molecule has 0 aliphatic carbocycles. The van der Waals surface area contributed by atoms with Crippen LogP contribution in [-0.2, 0) is 4.74 Å². The van der Waals surface area contributed by atoms with Gasteiger partial charge in [0.15, 0.2) is 11.9 Å². The average Bonchev–Trinajstić information content (AvgIpc) is 3.14. The zero-order valence-corrected chi connectivity index (χ0v) is 14.1. The van der Waals surface area contributed by atoms with Gasteiger partial charge in [-0.05, 0) is 0 Å². The lowest BCUT2D eigenvalue weighted by Crippen LogP contribution is -2.33. The van der Waals surface area contributed by atoms with E-state index in [0.29, 0.717) is 35.2 Å². The number of imidazole rings is 1. The molecule has 1 saturated heterocycles. The van der Waals surface area contributed by atoms with Gasteiger partial charge in [0.2, 0.25) is 5.95 Å². The maximum Gasteiger partial charge on any atom is 0.226 e. The largest absolute Gasteiger partial charge is 0.394 e. The van der Waals surface area contributed by atoms with E-state index in [1.165, 1.54) is 10.9 Å². The van der Waals surface area contributed by atoms with Gasteiger partial charge >= 0.3 is 0 Å². The number of ether oxygens (including phenoxy) is 1. The zero-order valence-electron chi connectivity index (χ0n) is 13.2. The molecule has 1 fully saturated rings. The first-order valence-corrected chi connectivity index (χ1v) is 8.16. The van der Waals surface area contributed by atoms with Gasteiger partial charge in [-0.2, -0.15) is 4.98 Å². The van der Waals surface area contributed by atoms with Gasteiger partial charge in [0.25, 0.3) is 0 Å². The van der Waals surface area contributed by atoms with Crippen molar-refractivity contribution in [2.45, 2.75) is 29.6 Å². The number of fused-ring (bicyclic) bond motifs is 1. The molecule has 10 nitrogen and oxygen atoms in total. The smallest absolute Gasteiger partial charge is 0.226 e. The summed E-state index contributed by atoms with van der Waals surface area (Å²) in [5.74, 6) is 0.327. The normalized spacial score (nSPS) is 26.8. The molecule has 136 valence electrons. The van der Waals surface area contributed by atoms with E-state index in [4.69, 9.17) is 10.5 Å². The predicted octanol–water partition coefficient (Wildman–Crippen LogP) is -1.35. The van der Waals surface area contributed by atoms with E-state index < -0.39 is 31.1 Å². The molecule has 0 bridgehead atoms. The lowest BCUT2D eigenvalue weighted by atomic mass is 10.1. The van der Waals surface area contributed by atoms with Crippen molar-refractivity contribution in [3.8, 4) is 0 Å². The standard InChI is InChI=1S/C14H20N6O4S/c15-3-1-2-4-16-14-18-11-8(12(25)19-14)17-6-20(11)13-10(23)9(22)7(5-21)24-13/h1-2,6-7,9-10,13,21-23H,3-5,15H2,(H2,16,18,19,25)/b2-1+/t7-,9?,10+,13-/m1/s1.